The van der Waals surface area contributed by atoms with E-state index < -0.39 is 0 Å². The lowest BCUT2D eigenvalue weighted by atomic mass is 10.2. The van der Waals surface area contributed by atoms with E-state index in [0.717, 1.165) is 6.42 Å². The largest absolute Gasteiger partial charge is 0.395 e. The van der Waals surface area contributed by atoms with Crippen LogP contribution < -0.4 is 5.32 Å². The van der Waals surface area contributed by atoms with Crippen LogP contribution in [-0.4, -0.2) is 38.5 Å². The Hall–Kier alpha value is -0.120. The maximum atomic E-state index is 8.63. The lowest BCUT2D eigenvalue weighted by Crippen LogP contribution is -2.29. The van der Waals surface area contributed by atoms with Crippen molar-refractivity contribution in [3.8, 4) is 0 Å². The summed E-state index contributed by atoms with van der Waals surface area (Å²) in [7, 11) is 3.49. The second-order valence-electron chi connectivity index (χ2n) is 1.95. The lowest BCUT2D eigenvalue weighted by Gasteiger charge is -2.10. The Morgan fingerprint density at radius 1 is 1.67 bits per heavy atom. The van der Waals surface area contributed by atoms with E-state index in [9.17, 15) is 0 Å². The van der Waals surface area contributed by atoms with Gasteiger partial charge < -0.3 is 15.2 Å². The van der Waals surface area contributed by atoms with Crippen LogP contribution in [0.4, 0.5) is 0 Å². The van der Waals surface area contributed by atoms with Gasteiger partial charge in [0.15, 0.2) is 0 Å². The first kappa shape index (κ1) is 8.88. The molecule has 0 spiro atoms. The van der Waals surface area contributed by atoms with Crippen molar-refractivity contribution in [2.75, 3.05) is 27.4 Å². The molecule has 0 fully saturated rings. The SMILES string of the molecule is CN[C@H](CO)CCOC. The molecule has 0 heterocycles. The second kappa shape index (κ2) is 6.01. The van der Waals surface area contributed by atoms with Crippen molar-refractivity contribution in [2.24, 2.45) is 0 Å². The summed E-state index contributed by atoms with van der Waals surface area (Å²) >= 11 is 0. The summed E-state index contributed by atoms with van der Waals surface area (Å²) in [6.45, 7) is 0.881. The molecule has 9 heavy (non-hydrogen) atoms. The van der Waals surface area contributed by atoms with Gasteiger partial charge in [0.2, 0.25) is 0 Å². The first-order valence-corrected chi connectivity index (χ1v) is 3.12. The summed E-state index contributed by atoms with van der Waals surface area (Å²) in [6, 6.07) is 0.185. The molecule has 0 unspecified atom stereocenters. The maximum Gasteiger partial charge on any atom is 0.0585 e. The maximum absolute atomic E-state index is 8.63. The molecule has 2 N–H and O–H groups in total. The lowest BCUT2D eigenvalue weighted by molar-refractivity contribution is 0.162. The van der Waals surface area contributed by atoms with Crippen LogP contribution in [0.25, 0.3) is 0 Å². The normalized spacial score (nSPS) is 13.7. The molecule has 0 aromatic carbocycles. The van der Waals surface area contributed by atoms with Crippen molar-refractivity contribution in [1.29, 1.82) is 0 Å². The Bertz CT molecular complexity index is 55.0. The first-order valence-electron chi connectivity index (χ1n) is 3.12. The first-order chi connectivity index (χ1) is 4.35. The van der Waals surface area contributed by atoms with Crippen LogP contribution in [0.15, 0.2) is 0 Å². The quantitative estimate of drug-likeness (QED) is 0.536. The average Bonchev–Trinajstić information content (AvgIpc) is 1.91. The molecule has 0 amide bonds. The number of aliphatic hydroxyl groups excluding tert-OH is 1. The molecule has 0 rings (SSSR count). The molecule has 3 heteroatoms. The van der Waals surface area contributed by atoms with Crippen LogP contribution in [0.1, 0.15) is 6.42 Å². The Balaban J connectivity index is 3.09. The van der Waals surface area contributed by atoms with Gasteiger partial charge >= 0.3 is 0 Å². The number of likely N-dealkylation sites (N-methyl/N-ethyl adjacent to an activating group) is 1. The minimum atomic E-state index is 0.180. The van der Waals surface area contributed by atoms with Crippen LogP contribution in [0.5, 0.6) is 0 Å². The molecule has 0 saturated carbocycles. The zero-order chi connectivity index (χ0) is 7.11. The fourth-order valence-electron chi connectivity index (χ4n) is 0.587. The average molecular weight is 133 g/mol. The van der Waals surface area contributed by atoms with Gasteiger partial charge in [0.1, 0.15) is 0 Å². The predicted octanol–water partition coefficient (Wildman–Crippen LogP) is -0.397. The van der Waals surface area contributed by atoms with Crippen molar-refractivity contribution >= 4 is 0 Å². The van der Waals surface area contributed by atoms with Crippen molar-refractivity contribution < 1.29 is 9.84 Å². The van der Waals surface area contributed by atoms with Gasteiger partial charge in [0, 0.05) is 19.8 Å². The van der Waals surface area contributed by atoms with E-state index in [-0.39, 0.29) is 12.6 Å². The molecular formula is C6H15NO2. The number of rotatable bonds is 5. The highest BCUT2D eigenvalue weighted by Crippen LogP contribution is 1.88. The summed E-state index contributed by atoms with van der Waals surface area (Å²) in [5.74, 6) is 0. The van der Waals surface area contributed by atoms with E-state index in [2.05, 4.69) is 5.32 Å². The Morgan fingerprint density at radius 2 is 2.33 bits per heavy atom. The molecule has 0 aromatic heterocycles. The van der Waals surface area contributed by atoms with Gasteiger partial charge in [0.25, 0.3) is 0 Å². The number of methoxy groups -OCH3 is 1. The Labute approximate surface area is 56.0 Å². The minimum absolute atomic E-state index is 0.180. The smallest absolute Gasteiger partial charge is 0.0585 e. The van der Waals surface area contributed by atoms with Gasteiger partial charge in [-0.1, -0.05) is 0 Å². The van der Waals surface area contributed by atoms with Gasteiger partial charge in [-0.25, -0.2) is 0 Å². The number of hydrogen-bond acceptors (Lipinski definition) is 3. The summed E-state index contributed by atoms with van der Waals surface area (Å²) in [5, 5.41) is 11.6. The molecule has 1 atom stereocenters. The number of ether oxygens (including phenoxy) is 1. The van der Waals surface area contributed by atoms with Gasteiger partial charge in [-0.2, -0.15) is 0 Å². The molecule has 0 aliphatic carbocycles. The topological polar surface area (TPSA) is 41.5 Å². The predicted molar refractivity (Wildman–Crippen MR) is 36.4 cm³/mol. The Kier molecular flexibility index (Phi) is 5.93. The van der Waals surface area contributed by atoms with Crippen LogP contribution in [0.3, 0.4) is 0 Å². The van der Waals surface area contributed by atoms with E-state index >= 15 is 0 Å². The molecule has 3 nitrogen and oxygen atoms in total. The molecule has 0 radical (unpaired) electrons. The molecule has 0 aliphatic heterocycles. The van der Waals surface area contributed by atoms with Crippen molar-refractivity contribution in [3.05, 3.63) is 0 Å². The fraction of sp³-hybridized carbons (Fsp3) is 1.00. The summed E-state index contributed by atoms with van der Waals surface area (Å²) in [5.41, 5.74) is 0. The van der Waals surface area contributed by atoms with Gasteiger partial charge in [-0.05, 0) is 13.5 Å². The van der Waals surface area contributed by atoms with Crippen LogP contribution >= 0.6 is 0 Å². The second-order valence-corrected chi connectivity index (χ2v) is 1.95. The summed E-state index contributed by atoms with van der Waals surface area (Å²) in [4.78, 5) is 0. The monoisotopic (exact) mass is 133 g/mol. The molecule has 0 saturated heterocycles. The van der Waals surface area contributed by atoms with Crippen LogP contribution in [0.2, 0.25) is 0 Å². The zero-order valence-electron chi connectivity index (χ0n) is 6.05. The summed E-state index contributed by atoms with van der Waals surface area (Å²) < 4.78 is 4.82. The van der Waals surface area contributed by atoms with E-state index in [1.807, 2.05) is 7.05 Å². The third kappa shape index (κ3) is 4.39. The number of hydrogen-bond donors (Lipinski definition) is 2. The highest BCUT2D eigenvalue weighted by Gasteiger charge is 2.01. The number of nitrogens with one attached hydrogen (secondary N) is 1. The van der Waals surface area contributed by atoms with Crippen molar-refractivity contribution in [1.82, 2.24) is 5.32 Å². The highest BCUT2D eigenvalue weighted by molar-refractivity contribution is 4.60. The van der Waals surface area contributed by atoms with Gasteiger partial charge in [0.05, 0.1) is 6.61 Å². The molecular weight excluding hydrogens is 118 g/mol. The third-order valence-corrected chi connectivity index (χ3v) is 1.30. The van der Waals surface area contributed by atoms with Crippen LogP contribution in [0, 0.1) is 0 Å². The minimum Gasteiger partial charge on any atom is -0.395 e. The fourth-order valence-corrected chi connectivity index (χ4v) is 0.587. The van der Waals surface area contributed by atoms with E-state index in [4.69, 9.17) is 9.84 Å². The molecule has 0 bridgehead atoms. The number of aliphatic hydroxyl groups is 1. The van der Waals surface area contributed by atoms with Crippen molar-refractivity contribution in [2.45, 2.75) is 12.5 Å². The van der Waals surface area contributed by atoms with Gasteiger partial charge in [-0.3, -0.25) is 0 Å². The Morgan fingerprint density at radius 3 is 2.67 bits per heavy atom. The summed E-state index contributed by atoms with van der Waals surface area (Å²) in [6.07, 6.45) is 0.865. The molecule has 0 aromatic rings. The highest BCUT2D eigenvalue weighted by atomic mass is 16.5. The standard InChI is InChI=1S/C6H15NO2/c1-7-6(5-8)3-4-9-2/h6-8H,3-5H2,1-2H3/t6-/m0/s1. The molecule has 0 aliphatic rings. The zero-order valence-corrected chi connectivity index (χ0v) is 6.05. The van der Waals surface area contributed by atoms with E-state index in [1.165, 1.54) is 0 Å². The van der Waals surface area contributed by atoms with E-state index in [0.29, 0.717) is 6.61 Å². The van der Waals surface area contributed by atoms with E-state index in [1.54, 1.807) is 7.11 Å². The third-order valence-electron chi connectivity index (χ3n) is 1.30. The van der Waals surface area contributed by atoms with Crippen molar-refractivity contribution in [3.63, 3.8) is 0 Å². The molecule has 56 valence electrons. The van der Waals surface area contributed by atoms with Gasteiger partial charge in [-0.15, -0.1) is 0 Å². The van der Waals surface area contributed by atoms with Crippen LogP contribution in [-0.2, 0) is 4.74 Å².